The van der Waals surface area contributed by atoms with E-state index in [-0.39, 0.29) is 17.4 Å². The summed E-state index contributed by atoms with van der Waals surface area (Å²) in [5.41, 5.74) is 0.631. The molecule has 0 fully saturated rings. The maximum Gasteiger partial charge on any atom is 0.346 e. The monoisotopic (exact) mass is 432 g/mol. The van der Waals surface area contributed by atoms with E-state index in [1.165, 1.54) is 10.7 Å². The van der Waals surface area contributed by atoms with Crippen LogP contribution in [0.1, 0.15) is 41.3 Å². The number of halogens is 2. The second-order valence-electron chi connectivity index (χ2n) is 7.32. The van der Waals surface area contributed by atoms with Crippen LogP contribution in [-0.2, 0) is 19.5 Å². The number of nitrogens with zero attached hydrogens (tertiary/aromatic N) is 5. The van der Waals surface area contributed by atoms with E-state index in [0.29, 0.717) is 48.6 Å². The highest BCUT2D eigenvalue weighted by Crippen LogP contribution is 2.16. The van der Waals surface area contributed by atoms with Crippen LogP contribution in [0.3, 0.4) is 0 Å². The summed E-state index contributed by atoms with van der Waals surface area (Å²) in [7, 11) is 1.59. The van der Waals surface area contributed by atoms with Gasteiger partial charge in [-0.3, -0.25) is 9.36 Å². The maximum absolute atomic E-state index is 12.8. The average molecular weight is 432 g/mol. The quantitative estimate of drug-likeness (QED) is 0.641. The number of amides is 1. The van der Waals surface area contributed by atoms with Crippen molar-refractivity contribution in [1.82, 2.24) is 29.4 Å². The standard InChI is InChI=1S/C20H22F2N6O3/c1-31-15-4-2-3-13(11-15)12-28-20(30)26-9-7-14(5-6-17(26)25-28)23-18(29)16-8-10-27(24-16)19(21)22/h2-4,8,10-11,14,19H,5-7,9,12H2,1H3,(H,23,29). The third-order valence-electron chi connectivity index (χ3n) is 5.26. The fourth-order valence-electron chi connectivity index (χ4n) is 3.65. The maximum atomic E-state index is 12.8. The van der Waals surface area contributed by atoms with Crippen LogP contribution in [-0.4, -0.2) is 43.2 Å². The van der Waals surface area contributed by atoms with E-state index in [1.54, 1.807) is 11.7 Å². The molecule has 1 amide bonds. The molecular weight excluding hydrogens is 410 g/mol. The molecule has 1 aromatic carbocycles. The van der Waals surface area contributed by atoms with Gasteiger partial charge in [-0.05, 0) is 36.6 Å². The van der Waals surface area contributed by atoms with E-state index in [2.05, 4.69) is 15.5 Å². The first-order valence-corrected chi connectivity index (χ1v) is 9.88. The Balaban J connectivity index is 1.41. The molecule has 1 aliphatic rings. The van der Waals surface area contributed by atoms with E-state index in [4.69, 9.17) is 4.74 Å². The number of ether oxygens (including phenoxy) is 1. The summed E-state index contributed by atoms with van der Waals surface area (Å²) >= 11 is 0. The summed E-state index contributed by atoms with van der Waals surface area (Å²) < 4.78 is 34.0. The number of hydrogen-bond acceptors (Lipinski definition) is 5. The number of hydrogen-bond donors (Lipinski definition) is 1. The number of aryl methyl sites for hydroxylation is 1. The number of alkyl halides is 2. The number of rotatable bonds is 6. The Morgan fingerprint density at radius 2 is 2.13 bits per heavy atom. The van der Waals surface area contributed by atoms with Crippen molar-refractivity contribution in [3.63, 3.8) is 0 Å². The van der Waals surface area contributed by atoms with Gasteiger partial charge < -0.3 is 10.1 Å². The molecular formula is C20H22F2N6O3. The Labute approximate surface area is 176 Å². The summed E-state index contributed by atoms with van der Waals surface area (Å²) in [5.74, 6) is 0.856. The van der Waals surface area contributed by atoms with Gasteiger partial charge in [-0.2, -0.15) is 19.0 Å². The molecule has 0 spiro atoms. The van der Waals surface area contributed by atoms with Crippen molar-refractivity contribution in [3.05, 3.63) is 64.1 Å². The van der Waals surface area contributed by atoms with E-state index in [1.807, 2.05) is 24.3 Å². The number of fused-ring (bicyclic) bond motifs is 1. The van der Waals surface area contributed by atoms with Crippen molar-refractivity contribution in [2.24, 2.45) is 0 Å². The first-order chi connectivity index (χ1) is 14.9. The largest absolute Gasteiger partial charge is 0.497 e. The normalized spacial score (nSPS) is 16.1. The SMILES string of the molecule is COc1cccc(Cn2nc3n(c2=O)CCC(NC(=O)c2ccn(C(F)F)n2)CC3)c1. The Hall–Kier alpha value is -3.50. The van der Waals surface area contributed by atoms with Crippen LogP contribution >= 0.6 is 0 Å². The Kier molecular flexibility index (Phi) is 5.83. The number of carbonyl (C=O) groups excluding carboxylic acids is 1. The Bertz CT molecular complexity index is 1140. The van der Waals surface area contributed by atoms with Gasteiger partial charge in [-0.15, -0.1) is 0 Å². The highest BCUT2D eigenvalue weighted by atomic mass is 19.3. The van der Waals surface area contributed by atoms with Crippen LogP contribution < -0.4 is 15.7 Å². The van der Waals surface area contributed by atoms with Crippen LogP contribution in [0, 0.1) is 0 Å². The molecule has 164 valence electrons. The number of methoxy groups -OCH3 is 1. The molecule has 3 heterocycles. The minimum absolute atomic E-state index is 0.0667. The van der Waals surface area contributed by atoms with Crippen molar-refractivity contribution >= 4 is 5.91 Å². The van der Waals surface area contributed by atoms with Gasteiger partial charge >= 0.3 is 12.2 Å². The second-order valence-corrected chi connectivity index (χ2v) is 7.32. The number of benzene rings is 1. The highest BCUT2D eigenvalue weighted by Gasteiger charge is 2.23. The first-order valence-electron chi connectivity index (χ1n) is 9.88. The molecule has 31 heavy (non-hydrogen) atoms. The fraction of sp³-hybridized carbons (Fsp3) is 0.400. The topological polar surface area (TPSA) is 96.0 Å². The molecule has 0 aliphatic carbocycles. The van der Waals surface area contributed by atoms with E-state index >= 15 is 0 Å². The molecule has 2 aromatic heterocycles. The summed E-state index contributed by atoms with van der Waals surface area (Å²) in [4.78, 5) is 25.1. The average Bonchev–Trinajstić information content (AvgIpc) is 3.31. The van der Waals surface area contributed by atoms with Crippen molar-refractivity contribution in [1.29, 1.82) is 0 Å². The summed E-state index contributed by atoms with van der Waals surface area (Å²) in [6.07, 6.45) is 2.68. The van der Waals surface area contributed by atoms with E-state index in [0.717, 1.165) is 11.8 Å². The predicted octanol–water partition coefficient (Wildman–Crippen LogP) is 1.83. The zero-order valence-corrected chi connectivity index (χ0v) is 16.9. The molecule has 4 rings (SSSR count). The zero-order valence-electron chi connectivity index (χ0n) is 16.9. The van der Waals surface area contributed by atoms with Gasteiger partial charge in [0.25, 0.3) is 5.91 Å². The van der Waals surface area contributed by atoms with Crippen LogP contribution in [0.5, 0.6) is 5.75 Å². The highest BCUT2D eigenvalue weighted by molar-refractivity contribution is 5.92. The van der Waals surface area contributed by atoms with Crippen LogP contribution in [0.25, 0.3) is 0 Å². The first kappa shape index (κ1) is 20.8. The van der Waals surface area contributed by atoms with Gasteiger partial charge in [0.1, 0.15) is 17.3 Å². The minimum Gasteiger partial charge on any atom is -0.497 e. The lowest BCUT2D eigenvalue weighted by atomic mass is 10.1. The summed E-state index contributed by atoms with van der Waals surface area (Å²) in [6, 6.07) is 8.50. The molecule has 1 unspecified atom stereocenters. The molecule has 0 saturated heterocycles. The molecule has 1 atom stereocenters. The van der Waals surface area contributed by atoms with E-state index in [9.17, 15) is 18.4 Å². The van der Waals surface area contributed by atoms with Gasteiger partial charge in [0.05, 0.1) is 13.7 Å². The van der Waals surface area contributed by atoms with Gasteiger partial charge in [0.15, 0.2) is 0 Å². The molecule has 3 aromatic rings. The van der Waals surface area contributed by atoms with Gasteiger partial charge in [-0.1, -0.05) is 12.1 Å². The third kappa shape index (κ3) is 4.49. The Morgan fingerprint density at radius 1 is 1.29 bits per heavy atom. The molecule has 1 N–H and O–H groups in total. The lowest BCUT2D eigenvalue weighted by Crippen LogP contribution is -2.36. The molecule has 1 aliphatic heterocycles. The third-order valence-corrected chi connectivity index (χ3v) is 5.26. The molecule has 9 nitrogen and oxygen atoms in total. The molecule has 11 heteroatoms. The number of carbonyl (C=O) groups is 1. The number of nitrogens with one attached hydrogen (secondary N) is 1. The van der Waals surface area contributed by atoms with Crippen LogP contribution in [0.15, 0.2) is 41.3 Å². The molecule has 0 bridgehead atoms. The lowest BCUT2D eigenvalue weighted by Gasteiger charge is -2.15. The van der Waals surface area contributed by atoms with Crippen molar-refractivity contribution in [2.75, 3.05) is 7.11 Å². The number of aromatic nitrogens is 5. The van der Waals surface area contributed by atoms with Crippen LogP contribution in [0.4, 0.5) is 8.78 Å². The molecule has 0 saturated carbocycles. The van der Waals surface area contributed by atoms with Crippen LogP contribution in [0.2, 0.25) is 0 Å². The van der Waals surface area contributed by atoms with Crippen molar-refractivity contribution in [2.45, 2.75) is 44.9 Å². The minimum atomic E-state index is -2.80. The lowest BCUT2D eigenvalue weighted by molar-refractivity contribution is 0.0559. The van der Waals surface area contributed by atoms with Gasteiger partial charge in [0, 0.05) is 25.2 Å². The second kappa shape index (κ2) is 8.70. The van der Waals surface area contributed by atoms with Gasteiger partial charge in [0.2, 0.25) is 0 Å². The smallest absolute Gasteiger partial charge is 0.346 e. The summed E-state index contributed by atoms with van der Waals surface area (Å²) in [6.45, 7) is -2.05. The van der Waals surface area contributed by atoms with Gasteiger partial charge in [-0.25, -0.2) is 14.2 Å². The molecule has 0 radical (unpaired) electrons. The zero-order chi connectivity index (χ0) is 22.0. The Morgan fingerprint density at radius 3 is 2.87 bits per heavy atom. The summed E-state index contributed by atoms with van der Waals surface area (Å²) in [5, 5.41) is 10.9. The van der Waals surface area contributed by atoms with Crippen molar-refractivity contribution in [3.8, 4) is 5.75 Å². The van der Waals surface area contributed by atoms with Crippen molar-refractivity contribution < 1.29 is 18.3 Å². The predicted molar refractivity (Wildman–Crippen MR) is 106 cm³/mol. The fourth-order valence-corrected chi connectivity index (χ4v) is 3.65. The van der Waals surface area contributed by atoms with E-state index < -0.39 is 12.5 Å².